The molecule has 0 bridgehead atoms. The number of nitrogens with zero attached hydrogens (tertiary/aromatic N) is 1. The lowest BCUT2D eigenvalue weighted by Crippen LogP contribution is -2.33. The van der Waals surface area contributed by atoms with E-state index in [9.17, 15) is 0 Å². The Morgan fingerprint density at radius 3 is 2.55 bits per heavy atom. The molecule has 2 nitrogen and oxygen atoms in total. The molecule has 3 heteroatoms. The van der Waals surface area contributed by atoms with Gasteiger partial charge in [-0.2, -0.15) is 0 Å². The molecular formula is C19H23ClN2. The van der Waals surface area contributed by atoms with Gasteiger partial charge in [-0.05, 0) is 48.7 Å². The summed E-state index contributed by atoms with van der Waals surface area (Å²) in [5, 5.41) is 4.29. The predicted molar refractivity (Wildman–Crippen MR) is 93.5 cm³/mol. The average molecular weight is 315 g/mol. The van der Waals surface area contributed by atoms with Crippen molar-refractivity contribution < 1.29 is 0 Å². The lowest BCUT2D eigenvalue weighted by molar-refractivity contribution is 0.240. The van der Waals surface area contributed by atoms with Gasteiger partial charge in [-0.1, -0.05) is 48.0 Å². The number of benzene rings is 2. The first-order chi connectivity index (χ1) is 10.8. The van der Waals surface area contributed by atoms with Gasteiger partial charge in [-0.25, -0.2) is 0 Å². The number of aryl methyl sites for hydroxylation is 1. The predicted octanol–water partition coefficient (Wildman–Crippen LogP) is 4.03. The molecule has 1 aliphatic heterocycles. The molecule has 0 amide bonds. The van der Waals surface area contributed by atoms with Crippen molar-refractivity contribution in [3.63, 3.8) is 0 Å². The molecule has 1 saturated heterocycles. The van der Waals surface area contributed by atoms with Gasteiger partial charge in [-0.15, -0.1) is 0 Å². The van der Waals surface area contributed by atoms with E-state index in [-0.39, 0.29) is 0 Å². The molecule has 0 aliphatic carbocycles. The summed E-state index contributed by atoms with van der Waals surface area (Å²) in [7, 11) is 0. The topological polar surface area (TPSA) is 15.3 Å². The van der Waals surface area contributed by atoms with Crippen molar-refractivity contribution >= 4 is 11.6 Å². The Morgan fingerprint density at radius 2 is 1.77 bits per heavy atom. The Hall–Kier alpha value is -1.35. The van der Waals surface area contributed by atoms with Crippen molar-refractivity contribution in [2.24, 2.45) is 0 Å². The first-order valence-corrected chi connectivity index (χ1v) is 8.39. The molecule has 0 radical (unpaired) electrons. The molecule has 1 unspecified atom stereocenters. The highest BCUT2D eigenvalue weighted by Crippen LogP contribution is 2.31. The highest BCUT2D eigenvalue weighted by Gasteiger charge is 2.24. The number of hydrogen-bond donors (Lipinski definition) is 1. The van der Waals surface area contributed by atoms with Crippen LogP contribution < -0.4 is 5.32 Å². The largest absolute Gasteiger partial charge is 0.315 e. The van der Waals surface area contributed by atoms with Gasteiger partial charge in [0.2, 0.25) is 0 Å². The number of rotatable bonds is 3. The zero-order valence-electron chi connectivity index (χ0n) is 13.1. The molecule has 1 aliphatic rings. The van der Waals surface area contributed by atoms with Crippen LogP contribution in [-0.2, 0) is 0 Å². The van der Waals surface area contributed by atoms with Crippen LogP contribution in [-0.4, -0.2) is 31.1 Å². The Bertz CT molecular complexity index is 601. The number of hydrogen-bond acceptors (Lipinski definition) is 2. The summed E-state index contributed by atoms with van der Waals surface area (Å²) in [4.78, 5) is 2.59. The van der Waals surface area contributed by atoms with Gasteiger partial charge in [0.05, 0.1) is 6.04 Å². The summed E-state index contributed by atoms with van der Waals surface area (Å²) in [6, 6.07) is 17.3. The summed E-state index contributed by atoms with van der Waals surface area (Å²) in [6.07, 6.45) is 1.19. The second-order valence-electron chi connectivity index (χ2n) is 5.95. The fourth-order valence-corrected chi connectivity index (χ4v) is 3.38. The fourth-order valence-electron chi connectivity index (χ4n) is 3.25. The van der Waals surface area contributed by atoms with Crippen LogP contribution in [0.5, 0.6) is 0 Å². The van der Waals surface area contributed by atoms with Crippen LogP contribution in [0.2, 0.25) is 5.02 Å². The fraction of sp³-hybridized carbons (Fsp3) is 0.368. The molecule has 1 N–H and O–H groups in total. The third-order valence-corrected chi connectivity index (χ3v) is 4.66. The highest BCUT2D eigenvalue weighted by atomic mass is 35.5. The maximum atomic E-state index is 6.08. The van der Waals surface area contributed by atoms with Crippen molar-refractivity contribution in [1.82, 2.24) is 10.2 Å². The maximum Gasteiger partial charge on any atom is 0.0604 e. The lowest BCUT2D eigenvalue weighted by atomic mass is 9.93. The zero-order valence-corrected chi connectivity index (χ0v) is 13.8. The molecule has 2 aromatic carbocycles. The van der Waals surface area contributed by atoms with E-state index in [0.29, 0.717) is 6.04 Å². The third-order valence-electron chi connectivity index (χ3n) is 4.41. The van der Waals surface area contributed by atoms with Crippen LogP contribution in [0.1, 0.15) is 29.2 Å². The van der Waals surface area contributed by atoms with Crippen LogP contribution in [0.25, 0.3) is 0 Å². The van der Waals surface area contributed by atoms with E-state index >= 15 is 0 Å². The summed E-state index contributed by atoms with van der Waals surface area (Å²) >= 11 is 6.08. The summed E-state index contributed by atoms with van der Waals surface area (Å²) < 4.78 is 0. The van der Waals surface area contributed by atoms with Crippen molar-refractivity contribution in [3.8, 4) is 0 Å². The molecule has 1 fully saturated rings. The van der Waals surface area contributed by atoms with E-state index in [1.807, 2.05) is 12.1 Å². The second kappa shape index (κ2) is 7.28. The minimum absolute atomic E-state index is 0.304. The smallest absolute Gasteiger partial charge is 0.0604 e. The number of halogens is 1. The van der Waals surface area contributed by atoms with Crippen LogP contribution >= 0.6 is 11.6 Å². The molecular weight excluding hydrogens is 292 g/mol. The van der Waals surface area contributed by atoms with E-state index in [1.165, 1.54) is 23.1 Å². The Morgan fingerprint density at radius 1 is 1.00 bits per heavy atom. The SMILES string of the molecule is Cc1ccccc1C(c1ccc(Cl)cc1)N1CCCNCC1. The minimum atomic E-state index is 0.304. The maximum absolute atomic E-state index is 6.08. The first-order valence-electron chi connectivity index (χ1n) is 8.01. The second-order valence-corrected chi connectivity index (χ2v) is 6.39. The van der Waals surface area contributed by atoms with E-state index in [0.717, 1.165) is 31.2 Å². The normalized spacial score (nSPS) is 17.9. The minimum Gasteiger partial charge on any atom is -0.315 e. The van der Waals surface area contributed by atoms with Gasteiger partial charge in [0, 0.05) is 24.7 Å². The van der Waals surface area contributed by atoms with Crippen molar-refractivity contribution in [3.05, 3.63) is 70.2 Å². The summed E-state index contributed by atoms with van der Waals surface area (Å²) in [5.41, 5.74) is 4.06. The van der Waals surface area contributed by atoms with Crippen molar-refractivity contribution in [2.75, 3.05) is 26.2 Å². The van der Waals surface area contributed by atoms with Gasteiger partial charge >= 0.3 is 0 Å². The van der Waals surface area contributed by atoms with E-state index < -0.39 is 0 Å². The molecule has 1 heterocycles. The van der Waals surface area contributed by atoms with E-state index in [1.54, 1.807) is 0 Å². The molecule has 0 aromatic heterocycles. The van der Waals surface area contributed by atoms with Crippen LogP contribution in [0.4, 0.5) is 0 Å². The molecule has 2 aromatic rings. The van der Waals surface area contributed by atoms with Gasteiger partial charge in [0.1, 0.15) is 0 Å². The average Bonchev–Trinajstić information content (AvgIpc) is 2.80. The van der Waals surface area contributed by atoms with E-state index in [2.05, 4.69) is 53.5 Å². The molecule has 0 saturated carbocycles. The lowest BCUT2D eigenvalue weighted by Gasteiger charge is -2.32. The summed E-state index contributed by atoms with van der Waals surface area (Å²) in [5.74, 6) is 0. The van der Waals surface area contributed by atoms with Gasteiger partial charge < -0.3 is 5.32 Å². The Labute approximate surface area is 138 Å². The zero-order chi connectivity index (χ0) is 15.4. The van der Waals surface area contributed by atoms with Crippen LogP contribution in [0.15, 0.2) is 48.5 Å². The van der Waals surface area contributed by atoms with Gasteiger partial charge in [0.25, 0.3) is 0 Å². The van der Waals surface area contributed by atoms with E-state index in [4.69, 9.17) is 11.6 Å². The van der Waals surface area contributed by atoms with Crippen molar-refractivity contribution in [2.45, 2.75) is 19.4 Å². The standard InChI is InChI=1S/C19H23ClN2/c1-15-5-2-3-6-18(15)19(16-7-9-17(20)10-8-16)22-13-4-11-21-12-14-22/h2-3,5-10,19,21H,4,11-14H2,1H3. The van der Waals surface area contributed by atoms with Crippen LogP contribution in [0, 0.1) is 6.92 Å². The van der Waals surface area contributed by atoms with Crippen LogP contribution in [0.3, 0.4) is 0 Å². The number of nitrogens with one attached hydrogen (secondary N) is 1. The Balaban J connectivity index is 2.01. The van der Waals surface area contributed by atoms with Gasteiger partial charge in [0.15, 0.2) is 0 Å². The quantitative estimate of drug-likeness (QED) is 0.920. The molecule has 3 rings (SSSR count). The van der Waals surface area contributed by atoms with Crippen molar-refractivity contribution in [1.29, 1.82) is 0 Å². The highest BCUT2D eigenvalue weighted by molar-refractivity contribution is 6.30. The first kappa shape index (κ1) is 15.5. The molecule has 0 spiro atoms. The Kier molecular flexibility index (Phi) is 5.14. The third kappa shape index (κ3) is 3.52. The monoisotopic (exact) mass is 314 g/mol. The summed E-state index contributed by atoms with van der Waals surface area (Å²) in [6.45, 7) is 6.55. The van der Waals surface area contributed by atoms with Gasteiger partial charge in [-0.3, -0.25) is 4.90 Å². The molecule has 22 heavy (non-hydrogen) atoms. The molecule has 1 atom stereocenters. The molecule has 116 valence electrons.